The van der Waals surface area contributed by atoms with Crippen LogP contribution in [0, 0.1) is 0 Å². The second-order valence-corrected chi connectivity index (χ2v) is 5.06. The zero-order valence-electron chi connectivity index (χ0n) is 12.8. The molecule has 0 saturated carbocycles. The molecule has 4 heteroatoms. The molecule has 0 saturated heterocycles. The second-order valence-electron chi connectivity index (χ2n) is 4.66. The van der Waals surface area contributed by atoms with Gasteiger partial charge in [-0.15, -0.1) is 0 Å². The molecule has 0 radical (unpaired) electrons. The molecule has 1 atom stereocenters. The molecule has 0 bridgehead atoms. The number of nitrogens with one attached hydrogen (secondary N) is 1. The van der Waals surface area contributed by atoms with Crippen LogP contribution in [0.1, 0.15) is 38.3 Å². The Kier molecular flexibility index (Phi) is 6.89. The second kappa shape index (κ2) is 8.18. The minimum Gasteiger partial charge on any atom is -0.493 e. The van der Waals surface area contributed by atoms with Gasteiger partial charge < -0.3 is 14.8 Å². The maximum atomic E-state index is 6.27. The monoisotopic (exact) mass is 297 g/mol. The molecule has 0 aliphatic carbocycles. The summed E-state index contributed by atoms with van der Waals surface area (Å²) < 4.78 is 10.6. The maximum absolute atomic E-state index is 6.27. The number of benzene rings is 1. The van der Waals surface area contributed by atoms with E-state index in [0.29, 0.717) is 16.5 Å². The summed E-state index contributed by atoms with van der Waals surface area (Å²) in [5, 5.41) is 4.03. The van der Waals surface area contributed by atoms with Gasteiger partial charge in [-0.2, -0.15) is 0 Å². The summed E-state index contributed by atoms with van der Waals surface area (Å²) in [6, 6.07) is 4.09. The van der Waals surface area contributed by atoms with Crippen molar-refractivity contribution in [3.05, 3.63) is 34.9 Å². The first-order chi connectivity index (χ1) is 9.57. The van der Waals surface area contributed by atoms with Crippen molar-refractivity contribution in [1.29, 1.82) is 0 Å². The molecule has 1 aromatic rings. The molecule has 0 aliphatic heterocycles. The van der Waals surface area contributed by atoms with Crippen molar-refractivity contribution in [2.75, 3.05) is 20.8 Å². The molecule has 112 valence electrons. The van der Waals surface area contributed by atoms with E-state index >= 15 is 0 Å². The average Bonchev–Trinajstić information content (AvgIpc) is 2.45. The van der Waals surface area contributed by atoms with Crippen LogP contribution in [-0.2, 0) is 0 Å². The van der Waals surface area contributed by atoms with Crippen molar-refractivity contribution < 1.29 is 9.47 Å². The third kappa shape index (κ3) is 4.15. The molecule has 0 amide bonds. The lowest BCUT2D eigenvalue weighted by Gasteiger charge is -2.21. The van der Waals surface area contributed by atoms with Crippen LogP contribution in [0.15, 0.2) is 24.3 Å². The van der Waals surface area contributed by atoms with Gasteiger partial charge in [0.2, 0.25) is 0 Å². The number of halogens is 1. The van der Waals surface area contributed by atoms with Gasteiger partial charge in [-0.3, -0.25) is 0 Å². The van der Waals surface area contributed by atoms with E-state index in [9.17, 15) is 0 Å². The standard InChI is InChI=1S/C16H24ClNO2/c1-6-11(3)8-14(18-7-2)12-9-13(17)16(20-5)15(10-12)19-4/h9-10,14,18H,3,6-8H2,1-2,4-5H3. The van der Waals surface area contributed by atoms with Crippen LogP contribution in [0.25, 0.3) is 0 Å². The van der Waals surface area contributed by atoms with E-state index in [0.717, 1.165) is 24.9 Å². The van der Waals surface area contributed by atoms with E-state index in [1.807, 2.05) is 12.1 Å². The first-order valence-corrected chi connectivity index (χ1v) is 7.26. The summed E-state index contributed by atoms with van der Waals surface area (Å²) in [5.74, 6) is 1.22. The van der Waals surface area contributed by atoms with Crippen molar-refractivity contribution in [1.82, 2.24) is 5.32 Å². The van der Waals surface area contributed by atoms with E-state index in [-0.39, 0.29) is 6.04 Å². The fourth-order valence-corrected chi connectivity index (χ4v) is 2.42. The van der Waals surface area contributed by atoms with Crippen molar-refractivity contribution >= 4 is 11.6 Å². The summed E-state index contributed by atoms with van der Waals surface area (Å²) in [7, 11) is 3.20. The molecule has 0 aromatic heterocycles. The summed E-state index contributed by atoms with van der Waals surface area (Å²) in [6.07, 6.45) is 1.86. The number of hydrogen-bond acceptors (Lipinski definition) is 3. The largest absolute Gasteiger partial charge is 0.493 e. The van der Waals surface area contributed by atoms with Gasteiger partial charge >= 0.3 is 0 Å². The van der Waals surface area contributed by atoms with Gasteiger partial charge in [0.05, 0.1) is 19.2 Å². The Morgan fingerprint density at radius 3 is 2.50 bits per heavy atom. The predicted octanol–water partition coefficient (Wildman–Crippen LogP) is 4.36. The molecule has 1 aromatic carbocycles. The van der Waals surface area contributed by atoms with Crippen LogP contribution in [0.3, 0.4) is 0 Å². The van der Waals surface area contributed by atoms with Crippen LogP contribution in [-0.4, -0.2) is 20.8 Å². The third-order valence-corrected chi connectivity index (χ3v) is 3.58. The molecule has 20 heavy (non-hydrogen) atoms. The predicted molar refractivity (Wildman–Crippen MR) is 85.0 cm³/mol. The molecule has 0 aliphatic rings. The van der Waals surface area contributed by atoms with Crippen LogP contribution < -0.4 is 14.8 Å². The highest BCUT2D eigenvalue weighted by Gasteiger charge is 2.17. The molecule has 0 fully saturated rings. The van der Waals surface area contributed by atoms with Gasteiger partial charge in [0.1, 0.15) is 0 Å². The number of rotatable bonds is 8. The molecule has 1 unspecified atom stereocenters. The molecule has 1 rings (SSSR count). The van der Waals surface area contributed by atoms with Crippen LogP contribution in [0.5, 0.6) is 11.5 Å². The van der Waals surface area contributed by atoms with Crippen LogP contribution in [0.2, 0.25) is 5.02 Å². The highest BCUT2D eigenvalue weighted by Crippen LogP contribution is 2.38. The van der Waals surface area contributed by atoms with E-state index in [2.05, 4.69) is 25.7 Å². The maximum Gasteiger partial charge on any atom is 0.179 e. The lowest BCUT2D eigenvalue weighted by molar-refractivity contribution is 0.354. The molecule has 0 spiro atoms. The first kappa shape index (κ1) is 16.9. The van der Waals surface area contributed by atoms with Crippen molar-refractivity contribution in [3.8, 4) is 11.5 Å². The van der Waals surface area contributed by atoms with Crippen molar-refractivity contribution in [2.24, 2.45) is 0 Å². The highest BCUT2D eigenvalue weighted by atomic mass is 35.5. The summed E-state index contributed by atoms with van der Waals surface area (Å²) in [4.78, 5) is 0. The molecule has 0 heterocycles. The average molecular weight is 298 g/mol. The Morgan fingerprint density at radius 1 is 1.30 bits per heavy atom. The lowest BCUT2D eigenvalue weighted by Crippen LogP contribution is -2.21. The number of ether oxygens (including phenoxy) is 2. The van der Waals surface area contributed by atoms with Crippen molar-refractivity contribution in [2.45, 2.75) is 32.7 Å². The fourth-order valence-electron chi connectivity index (χ4n) is 2.13. The fraction of sp³-hybridized carbons (Fsp3) is 0.500. The molecule has 3 nitrogen and oxygen atoms in total. The Bertz CT molecular complexity index is 460. The van der Waals surface area contributed by atoms with Gasteiger partial charge in [-0.05, 0) is 37.1 Å². The van der Waals surface area contributed by atoms with Crippen LogP contribution >= 0.6 is 11.6 Å². The zero-order chi connectivity index (χ0) is 15.1. The van der Waals surface area contributed by atoms with Crippen molar-refractivity contribution in [3.63, 3.8) is 0 Å². The summed E-state index contributed by atoms with van der Waals surface area (Å²) >= 11 is 6.27. The van der Waals surface area contributed by atoms with Gasteiger partial charge in [0, 0.05) is 6.04 Å². The van der Waals surface area contributed by atoms with E-state index in [4.69, 9.17) is 21.1 Å². The smallest absolute Gasteiger partial charge is 0.179 e. The van der Waals surface area contributed by atoms with E-state index in [1.54, 1.807) is 14.2 Å². The normalized spacial score (nSPS) is 12.1. The highest BCUT2D eigenvalue weighted by molar-refractivity contribution is 6.32. The van der Waals surface area contributed by atoms with E-state index in [1.165, 1.54) is 5.57 Å². The van der Waals surface area contributed by atoms with Gasteiger partial charge in [-0.25, -0.2) is 0 Å². The molecular formula is C16H24ClNO2. The van der Waals surface area contributed by atoms with Gasteiger partial charge in [0.15, 0.2) is 11.5 Å². The van der Waals surface area contributed by atoms with E-state index < -0.39 is 0 Å². The summed E-state index contributed by atoms with van der Waals surface area (Å²) in [5.41, 5.74) is 2.30. The summed E-state index contributed by atoms with van der Waals surface area (Å²) in [6.45, 7) is 9.18. The minimum absolute atomic E-state index is 0.185. The Hall–Kier alpha value is -1.19. The van der Waals surface area contributed by atoms with Crippen LogP contribution in [0.4, 0.5) is 0 Å². The number of hydrogen-bond donors (Lipinski definition) is 1. The quantitative estimate of drug-likeness (QED) is 0.723. The first-order valence-electron chi connectivity index (χ1n) is 6.88. The SMILES string of the molecule is C=C(CC)CC(NCC)c1cc(Cl)c(OC)c(OC)c1. The van der Waals surface area contributed by atoms with Gasteiger partial charge in [0.25, 0.3) is 0 Å². The molecular weight excluding hydrogens is 274 g/mol. The minimum atomic E-state index is 0.185. The lowest BCUT2D eigenvalue weighted by atomic mass is 9.98. The Morgan fingerprint density at radius 2 is 2.00 bits per heavy atom. The topological polar surface area (TPSA) is 30.5 Å². The Balaban J connectivity index is 3.13. The third-order valence-electron chi connectivity index (χ3n) is 3.30. The zero-order valence-corrected chi connectivity index (χ0v) is 13.5. The van der Waals surface area contributed by atoms with Gasteiger partial charge in [-0.1, -0.05) is 37.6 Å². The Labute approximate surface area is 126 Å². The molecule has 1 N–H and O–H groups in total. The number of methoxy groups -OCH3 is 2.